The molecule has 0 amide bonds. The Morgan fingerprint density at radius 1 is 1.40 bits per heavy atom. The van der Waals surface area contributed by atoms with E-state index < -0.39 is 0 Å². The number of carbonyl (C=O) groups excluding carboxylic acids is 1. The van der Waals surface area contributed by atoms with Gasteiger partial charge in [0.25, 0.3) is 0 Å². The number of methoxy groups -OCH3 is 1. The SMILES string of the molecule is COC(=O)c1ccc(NC(CN(C)C)C(C)C)c(N)c1. The number of ether oxygens (including phenoxy) is 1. The first-order valence-electron chi connectivity index (χ1n) is 6.74. The number of benzene rings is 1. The monoisotopic (exact) mass is 279 g/mol. The summed E-state index contributed by atoms with van der Waals surface area (Å²) >= 11 is 0. The first-order chi connectivity index (χ1) is 9.35. The second-order valence-electron chi connectivity index (χ2n) is 5.55. The van der Waals surface area contributed by atoms with Crippen LogP contribution in [0.2, 0.25) is 0 Å². The predicted molar refractivity (Wildman–Crippen MR) is 83.0 cm³/mol. The molecule has 0 fully saturated rings. The molecule has 0 aromatic heterocycles. The number of likely N-dealkylation sites (N-methyl/N-ethyl adjacent to an activating group) is 1. The third-order valence-corrected chi connectivity index (χ3v) is 3.18. The summed E-state index contributed by atoms with van der Waals surface area (Å²) in [6.45, 7) is 5.25. The van der Waals surface area contributed by atoms with Gasteiger partial charge in [-0.1, -0.05) is 13.8 Å². The Labute approximate surface area is 121 Å². The normalized spacial score (nSPS) is 12.6. The summed E-state index contributed by atoms with van der Waals surface area (Å²) in [7, 11) is 5.44. The van der Waals surface area contributed by atoms with E-state index in [-0.39, 0.29) is 12.0 Å². The zero-order valence-electron chi connectivity index (χ0n) is 12.9. The Hall–Kier alpha value is -1.75. The maximum atomic E-state index is 11.4. The lowest BCUT2D eigenvalue weighted by Gasteiger charge is -2.27. The van der Waals surface area contributed by atoms with Crippen molar-refractivity contribution in [3.63, 3.8) is 0 Å². The molecule has 3 N–H and O–H groups in total. The average Bonchev–Trinajstić information content (AvgIpc) is 2.38. The fourth-order valence-electron chi connectivity index (χ4n) is 1.96. The molecule has 1 aromatic rings. The molecule has 20 heavy (non-hydrogen) atoms. The van der Waals surface area contributed by atoms with Crippen LogP contribution in [-0.4, -0.2) is 44.7 Å². The van der Waals surface area contributed by atoms with E-state index in [1.807, 2.05) is 20.2 Å². The number of carbonyl (C=O) groups is 1. The van der Waals surface area contributed by atoms with Gasteiger partial charge in [-0.05, 0) is 38.2 Å². The molecule has 112 valence electrons. The molecular formula is C15H25N3O2. The van der Waals surface area contributed by atoms with Crippen LogP contribution in [0, 0.1) is 5.92 Å². The van der Waals surface area contributed by atoms with E-state index in [2.05, 4.69) is 28.8 Å². The van der Waals surface area contributed by atoms with E-state index >= 15 is 0 Å². The summed E-state index contributed by atoms with van der Waals surface area (Å²) < 4.78 is 4.68. The van der Waals surface area contributed by atoms with Crippen LogP contribution in [0.25, 0.3) is 0 Å². The lowest BCUT2D eigenvalue weighted by molar-refractivity contribution is 0.0601. The molecule has 5 nitrogen and oxygen atoms in total. The van der Waals surface area contributed by atoms with Crippen molar-refractivity contribution in [2.24, 2.45) is 5.92 Å². The molecule has 0 radical (unpaired) electrons. The summed E-state index contributed by atoms with van der Waals surface area (Å²) in [6, 6.07) is 5.47. The number of anilines is 2. The van der Waals surface area contributed by atoms with Gasteiger partial charge in [-0.2, -0.15) is 0 Å². The molecule has 0 saturated heterocycles. The Morgan fingerprint density at radius 2 is 2.05 bits per heavy atom. The van der Waals surface area contributed by atoms with E-state index in [4.69, 9.17) is 5.73 Å². The third kappa shape index (κ3) is 4.42. The molecule has 0 bridgehead atoms. The van der Waals surface area contributed by atoms with Gasteiger partial charge in [0.1, 0.15) is 0 Å². The van der Waals surface area contributed by atoms with Gasteiger partial charge in [0.05, 0.1) is 24.0 Å². The molecule has 1 aromatic carbocycles. The lowest BCUT2D eigenvalue weighted by Crippen LogP contribution is -2.36. The van der Waals surface area contributed by atoms with Crippen molar-refractivity contribution >= 4 is 17.3 Å². The molecule has 5 heteroatoms. The lowest BCUT2D eigenvalue weighted by atomic mass is 10.0. The number of nitrogens with two attached hydrogens (primary N) is 1. The zero-order chi connectivity index (χ0) is 15.3. The molecule has 0 heterocycles. The first kappa shape index (κ1) is 16.3. The summed E-state index contributed by atoms with van der Waals surface area (Å²) in [5, 5.41) is 3.44. The quantitative estimate of drug-likeness (QED) is 0.616. The molecule has 1 rings (SSSR count). The first-order valence-corrected chi connectivity index (χ1v) is 6.74. The van der Waals surface area contributed by atoms with Gasteiger partial charge in [-0.15, -0.1) is 0 Å². The van der Waals surface area contributed by atoms with Crippen LogP contribution in [0.3, 0.4) is 0 Å². The van der Waals surface area contributed by atoms with Crippen LogP contribution in [0.15, 0.2) is 18.2 Å². The topological polar surface area (TPSA) is 67.6 Å². The summed E-state index contributed by atoms with van der Waals surface area (Å²) in [5.74, 6) is 0.0917. The van der Waals surface area contributed by atoms with E-state index in [0.29, 0.717) is 17.2 Å². The van der Waals surface area contributed by atoms with E-state index in [0.717, 1.165) is 12.2 Å². The molecule has 0 spiro atoms. The second kappa shape index (κ2) is 7.14. The van der Waals surface area contributed by atoms with Crippen molar-refractivity contribution in [2.75, 3.05) is 38.8 Å². The van der Waals surface area contributed by atoms with Crippen molar-refractivity contribution in [2.45, 2.75) is 19.9 Å². The van der Waals surface area contributed by atoms with Gasteiger partial charge >= 0.3 is 5.97 Å². The van der Waals surface area contributed by atoms with Crippen LogP contribution in [0.1, 0.15) is 24.2 Å². The molecule has 0 aliphatic rings. The predicted octanol–water partition coefficient (Wildman–Crippen LogP) is 2.05. The smallest absolute Gasteiger partial charge is 0.337 e. The minimum atomic E-state index is -0.378. The molecule has 1 unspecified atom stereocenters. The van der Waals surface area contributed by atoms with E-state index in [1.165, 1.54) is 7.11 Å². The highest BCUT2D eigenvalue weighted by molar-refractivity contribution is 5.91. The Kier molecular flexibility index (Phi) is 5.82. The van der Waals surface area contributed by atoms with Crippen molar-refractivity contribution < 1.29 is 9.53 Å². The molecular weight excluding hydrogens is 254 g/mol. The van der Waals surface area contributed by atoms with Gasteiger partial charge < -0.3 is 20.7 Å². The van der Waals surface area contributed by atoms with Gasteiger partial charge in [0.2, 0.25) is 0 Å². The van der Waals surface area contributed by atoms with Crippen LogP contribution >= 0.6 is 0 Å². The number of nitrogens with zero attached hydrogens (tertiary/aromatic N) is 1. The summed E-state index contributed by atoms with van der Waals surface area (Å²) in [5.41, 5.74) is 7.87. The van der Waals surface area contributed by atoms with Crippen LogP contribution in [0.4, 0.5) is 11.4 Å². The molecule has 0 aliphatic heterocycles. The largest absolute Gasteiger partial charge is 0.465 e. The number of hydrogen-bond donors (Lipinski definition) is 2. The van der Waals surface area contributed by atoms with Crippen molar-refractivity contribution in [3.8, 4) is 0 Å². The molecule has 0 saturated carbocycles. The minimum Gasteiger partial charge on any atom is -0.465 e. The summed E-state index contributed by atoms with van der Waals surface area (Å²) in [4.78, 5) is 13.6. The highest BCUT2D eigenvalue weighted by atomic mass is 16.5. The number of nitrogens with one attached hydrogen (secondary N) is 1. The Balaban J connectivity index is 2.88. The van der Waals surface area contributed by atoms with Crippen LogP contribution in [0.5, 0.6) is 0 Å². The fourth-order valence-corrected chi connectivity index (χ4v) is 1.96. The minimum absolute atomic E-state index is 0.288. The van der Waals surface area contributed by atoms with E-state index in [1.54, 1.807) is 12.1 Å². The Morgan fingerprint density at radius 3 is 2.50 bits per heavy atom. The number of esters is 1. The zero-order valence-corrected chi connectivity index (χ0v) is 12.9. The van der Waals surface area contributed by atoms with E-state index in [9.17, 15) is 4.79 Å². The number of rotatable bonds is 6. The van der Waals surface area contributed by atoms with Crippen LogP contribution in [-0.2, 0) is 4.74 Å². The van der Waals surface area contributed by atoms with Crippen molar-refractivity contribution in [3.05, 3.63) is 23.8 Å². The number of hydrogen-bond acceptors (Lipinski definition) is 5. The van der Waals surface area contributed by atoms with Gasteiger partial charge in [-0.25, -0.2) is 4.79 Å². The maximum Gasteiger partial charge on any atom is 0.337 e. The van der Waals surface area contributed by atoms with Crippen molar-refractivity contribution in [1.29, 1.82) is 0 Å². The highest BCUT2D eigenvalue weighted by Crippen LogP contribution is 2.23. The summed E-state index contributed by atoms with van der Waals surface area (Å²) in [6.07, 6.45) is 0. The average molecular weight is 279 g/mol. The second-order valence-corrected chi connectivity index (χ2v) is 5.55. The highest BCUT2D eigenvalue weighted by Gasteiger charge is 2.16. The van der Waals surface area contributed by atoms with Gasteiger partial charge in [0, 0.05) is 12.6 Å². The Bertz CT molecular complexity index is 458. The van der Waals surface area contributed by atoms with Gasteiger partial charge in [0.15, 0.2) is 0 Å². The number of nitrogen functional groups attached to an aromatic ring is 1. The molecule has 1 atom stereocenters. The van der Waals surface area contributed by atoms with Gasteiger partial charge in [-0.3, -0.25) is 0 Å². The van der Waals surface area contributed by atoms with Crippen molar-refractivity contribution in [1.82, 2.24) is 4.90 Å². The maximum absolute atomic E-state index is 11.4. The fraction of sp³-hybridized carbons (Fsp3) is 0.533. The third-order valence-electron chi connectivity index (χ3n) is 3.18. The molecule has 0 aliphatic carbocycles. The standard InChI is InChI=1S/C15H25N3O2/c1-10(2)14(9-18(3)4)17-13-7-6-11(8-12(13)16)15(19)20-5/h6-8,10,14,17H,9,16H2,1-5H3. The van der Waals surface area contributed by atoms with Crippen LogP contribution < -0.4 is 11.1 Å².